The Morgan fingerprint density at radius 1 is 1.47 bits per heavy atom. The van der Waals surface area contributed by atoms with E-state index in [2.05, 4.69) is 0 Å². The predicted octanol–water partition coefficient (Wildman–Crippen LogP) is 2.33. The van der Waals surface area contributed by atoms with E-state index >= 15 is 0 Å². The van der Waals surface area contributed by atoms with E-state index < -0.39 is 0 Å². The van der Waals surface area contributed by atoms with Crippen LogP contribution < -0.4 is 5.73 Å². The molecule has 1 atom stereocenters. The summed E-state index contributed by atoms with van der Waals surface area (Å²) in [5, 5.41) is 9.54. The molecule has 0 aromatic heterocycles. The van der Waals surface area contributed by atoms with Gasteiger partial charge >= 0.3 is 0 Å². The van der Waals surface area contributed by atoms with Gasteiger partial charge in [-0.15, -0.1) is 0 Å². The highest BCUT2D eigenvalue weighted by molar-refractivity contribution is 7.80. The van der Waals surface area contributed by atoms with Gasteiger partial charge in [-0.2, -0.15) is 0 Å². The average molecular weight is 299 g/mol. The van der Waals surface area contributed by atoms with E-state index in [1.807, 2.05) is 0 Å². The van der Waals surface area contributed by atoms with Gasteiger partial charge in [0.2, 0.25) is 0 Å². The molecule has 0 saturated carbocycles. The standard InChI is InChI=1S/C13H15ClN2O2S/c14-9-7-8(4-5-11(9)17)13(18)16-6-2-1-3-10(16)12(15)19/h4-5,7,10,17H,1-3,6H2,(H2,15,19). The lowest BCUT2D eigenvalue weighted by Gasteiger charge is -2.35. The fourth-order valence-corrected chi connectivity index (χ4v) is 2.70. The number of halogens is 1. The van der Waals surface area contributed by atoms with Crippen molar-refractivity contribution < 1.29 is 9.90 Å². The molecular weight excluding hydrogens is 284 g/mol. The summed E-state index contributed by atoms with van der Waals surface area (Å²) >= 11 is 10.9. The highest BCUT2D eigenvalue weighted by Gasteiger charge is 2.29. The third-order valence-corrected chi connectivity index (χ3v) is 3.86. The Hall–Kier alpha value is -1.33. The third-order valence-electron chi connectivity index (χ3n) is 3.29. The fraction of sp³-hybridized carbons (Fsp3) is 0.385. The molecule has 19 heavy (non-hydrogen) atoms. The van der Waals surface area contributed by atoms with Gasteiger partial charge in [0.1, 0.15) is 5.75 Å². The topological polar surface area (TPSA) is 66.6 Å². The van der Waals surface area contributed by atoms with Gasteiger partial charge in [0.25, 0.3) is 5.91 Å². The Kier molecular flexibility index (Phi) is 4.27. The van der Waals surface area contributed by atoms with Crippen LogP contribution in [0.25, 0.3) is 0 Å². The number of nitrogens with two attached hydrogens (primary N) is 1. The number of likely N-dealkylation sites (tertiary alicyclic amines) is 1. The minimum Gasteiger partial charge on any atom is -0.506 e. The van der Waals surface area contributed by atoms with Gasteiger partial charge in [0.05, 0.1) is 16.1 Å². The molecular formula is C13H15ClN2O2S. The number of rotatable bonds is 2. The SMILES string of the molecule is NC(=S)C1CCCCN1C(=O)c1ccc(O)c(Cl)c1. The average Bonchev–Trinajstić information content (AvgIpc) is 2.41. The van der Waals surface area contributed by atoms with Crippen molar-refractivity contribution in [1.82, 2.24) is 4.90 Å². The number of aromatic hydroxyl groups is 1. The Labute approximate surface area is 122 Å². The van der Waals surface area contributed by atoms with Crippen LogP contribution in [0.3, 0.4) is 0 Å². The van der Waals surface area contributed by atoms with E-state index in [-0.39, 0.29) is 22.7 Å². The van der Waals surface area contributed by atoms with Crippen LogP contribution >= 0.6 is 23.8 Å². The van der Waals surface area contributed by atoms with Crippen LogP contribution in [0.5, 0.6) is 5.75 Å². The monoisotopic (exact) mass is 298 g/mol. The van der Waals surface area contributed by atoms with E-state index in [1.165, 1.54) is 12.1 Å². The Bertz CT molecular complexity index is 521. The smallest absolute Gasteiger partial charge is 0.254 e. The summed E-state index contributed by atoms with van der Waals surface area (Å²) in [6, 6.07) is 4.23. The molecule has 4 nitrogen and oxygen atoms in total. The fourth-order valence-electron chi connectivity index (χ4n) is 2.28. The minimum absolute atomic E-state index is 0.0391. The second-order valence-corrected chi connectivity index (χ2v) is 5.46. The number of nitrogens with zero attached hydrogens (tertiary/aromatic N) is 1. The number of hydrogen-bond donors (Lipinski definition) is 2. The summed E-state index contributed by atoms with van der Waals surface area (Å²) in [6.07, 6.45) is 2.76. The van der Waals surface area contributed by atoms with Crippen LogP contribution in [0.15, 0.2) is 18.2 Å². The molecule has 0 radical (unpaired) electrons. The molecule has 2 rings (SSSR count). The lowest BCUT2D eigenvalue weighted by Crippen LogP contribution is -2.49. The number of piperidine rings is 1. The minimum atomic E-state index is -0.191. The first-order valence-corrected chi connectivity index (χ1v) is 6.88. The summed E-state index contributed by atoms with van der Waals surface area (Å²) in [7, 11) is 0. The maximum Gasteiger partial charge on any atom is 0.254 e. The van der Waals surface area contributed by atoms with Crippen molar-refractivity contribution in [1.29, 1.82) is 0 Å². The molecule has 102 valence electrons. The highest BCUT2D eigenvalue weighted by atomic mass is 35.5. The van der Waals surface area contributed by atoms with Gasteiger partial charge in [-0.1, -0.05) is 23.8 Å². The van der Waals surface area contributed by atoms with Crippen LogP contribution in [-0.4, -0.2) is 33.5 Å². The molecule has 3 N–H and O–H groups in total. The molecule has 1 aliphatic heterocycles. The zero-order chi connectivity index (χ0) is 14.0. The number of phenols is 1. The normalized spacial score (nSPS) is 19.2. The number of carbonyl (C=O) groups is 1. The van der Waals surface area contributed by atoms with Crippen LogP contribution in [0.2, 0.25) is 5.02 Å². The van der Waals surface area contributed by atoms with Crippen molar-refractivity contribution in [2.45, 2.75) is 25.3 Å². The zero-order valence-corrected chi connectivity index (χ0v) is 11.9. The van der Waals surface area contributed by atoms with Gasteiger partial charge in [-0.3, -0.25) is 4.79 Å². The summed E-state index contributed by atoms with van der Waals surface area (Å²) < 4.78 is 0. The van der Waals surface area contributed by atoms with Crippen LogP contribution in [0, 0.1) is 0 Å². The number of carbonyl (C=O) groups excluding carboxylic acids is 1. The quantitative estimate of drug-likeness (QED) is 0.822. The van der Waals surface area contributed by atoms with Crippen LogP contribution in [-0.2, 0) is 0 Å². The van der Waals surface area contributed by atoms with Crippen LogP contribution in [0.1, 0.15) is 29.6 Å². The maximum atomic E-state index is 12.4. The van der Waals surface area contributed by atoms with Crippen molar-refractivity contribution >= 4 is 34.7 Å². The first-order chi connectivity index (χ1) is 9.00. The van der Waals surface area contributed by atoms with Gasteiger partial charge in [-0.05, 0) is 37.5 Å². The second-order valence-electron chi connectivity index (χ2n) is 4.58. The van der Waals surface area contributed by atoms with Crippen molar-refractivity contribution in [3.8, 4) is 5.75 Å². The summed E-state index contributed by atoms with van der Waals surface area (Å²) in [5.41, 5.74) is 6.14. The summed E-state index contributed by atoms with van der Waals surface area (Å²) in [6.45, 7) is 0.638. The maximum absolute atomic E-state index is 12.4. The molecule has 1 amide bonds. The van der Waals surface area contributed by atoms with Crippen molar-refractivity contribution in [2.24, 2.45) is 5.73 Å². The molecule has 1 aliphatic rings. The predicted molar refractivity (Wildman–Crippen MR) is 78.6 cm³/mol. The van der Waals surface area contributed by atoms with E-state index in [0.29, 0.717) is 17.1 Å². The molecule has 0 aliphatic carbocycles. The molecule has 1 heterocycles. The van der Waals surface area contributed by atoms with E-state index in [0.717, 1.165) is 19.3 Å². The molecule has 1 unspecified atom stereocenters. The lowest BCUT2D eigenvalue weighted by molar-refractivity contribution is 0.0681. The number of phenolic OH excluding ortho intramolecular Hbond substituents is 1. The van der Waals surface area contributed by atoms with Gasteiger partial charge < -0.3 is 15.7 Å². The number of thiocarbonyl (C=S) groups is 1. The van der Waals surface area contributed by atoms with Crippen molar-refractivity contribution in [3.63, 3.8) is 0 Å². The summed E-state index contributed by atoms with van der Waals surface area (Å²) in [4.78, 5) is 14.5. The van der Waals surface area contributed by atoms with Crippen molar-refractivity contribution in [3.05, 3.63) is 28.8 Å². The molecule has 6 heteroatoms. The highest BCUT2D eigenvalue weighted by Crippen LogP contribution is 2.26. The van der Waals surface area contributed by atoms with E-state index in [1.54, 1.807) is 11.0 Å². The molecule has 1 aromatic rings. The second kappa shape index (κ2) is 5.75. The van der Waals surface area contributed by atoms with Crippen LogP contribution in [0.4, 0.5) is 0 Å². The van der Waals surface area contributed by atoms with E-state index in [9.17, 15) is 9.90 Å². The lowest BCUT2D eigenvalue weighted by atomic mass is 10.0. The Morgan fingerprint density at radius 2 is 2.21 bits per heavy atom. The van der Waals surface area contributed by atoms with Crippen molar-refractivity contribution in [2.75, 3.05) is 6.54 Å². The molecule has 1 fully saturated rings. The zero-order valence-electron chi connectivity index (χ0n) is 10.3. The first-order valence-electron chi connectivity index (χ1n) is 6.09. The third kappa shape index (κ3) is 2.98. The molecule has 0 spiro atoms. The first kappa shape index (κ1) is 14.1. The van der Waals surface area contributed by atoms with Gasteiger partial charge in [0, 0.05) is 12.1 Å². The molecule has 1 saturated heterocycles. The Morgan fingerprint density at radius 3 is 2.84 bits per heavy atom. The summed E-state index contributed by atoms with van der Waals surface area (Å²) in [5.74, 6) is -0.192. The van der Waals surface area contributed by atoms with Gasteiger partial charge in [0.15, 0.2) is 0 Å². The molecule has 0 bridgehead atoms. The van der Waals surface area contributed by atoms with Gasteiger partial charge in [-0.25, -0.2) is 0 Å². The number of benzene rings is 1. The molecule has 1 aromatic carbocycles. The number of amides is 1. The Balaban J connectivity index is 2.26. The largest absolute Gasteiger partial charge is 0.506 e. The number of hydrogen-bond acceptors (Lipinski definition) is 3. The van der Waals surface area contributed by atoms with E-state index in [4.69, 9.17) is 29.6 Å².